The molecule has 2 aromatic heterocycles. The molecule has 1 atom stereocenters. The van der Waals surface area contributed by atoms with Crippen LogP contribution in [-0.2, 0) is 26.7 Å². The summed E-state index contributed by atoms with van der Waals surface area (Å²) in [6.07, 6.45) is 3.82. The zero-order valence-corrected chi connectivity index (χ0v) is 17.0. The third-order valence-corrected chi connectivity index (χ3v) is 6.80. The van der Waals surface area contributed by atoms with E-state index < -0.39 is 10.0 Å². The van der Waals surface area contributed by atoms with Crippen molar-refractivity contribution in [2.24, 2.45) is 13.0 Å². The normalized spacial score (nSPS) is 20.9. The van der Waals surface area contributed by atoms with Crippen LogP contribution in [0.2, 0.25) is 0 Å². The standard InChI is InChI=1S/C18H23N5O5S/c1-22-17-15(12(10-14(24)19-17)13-4-3-9-28-13)16(21-22)20-18(25)11-5-7-23(8-6-11)29(2,26)27/h3-4,9,11-12H,5-8,10H2,1-2H3,(H,19,24)(H,20,21,25)/t12-/m1/s1. The quantitative estimate of drug-likeness (QED) is 0.761. The number of rotatable bonds is 4. The van der Waals surface area contributed by atoms with Crippen molar-refractivity contribution in [3.63, 3.8) is 0 Å². The molecule has 2 N–H and O–H groups in total. The predicted molar refractivity (Wildman–Crippen MR) is 105 cm³/mol. The van der Waals surface area contributed by atoms with Crippen molar-refractivity contribution < 1.29 is 22.4 Å². The Bertz CT molecular complexity index is 1040. The van der Waals surface area contributed by atoms with E-state index in [1.165, 1.54) is 15.2 Å². The number of nitrogens with zero attached hydrogens (tertiary/aromatic N) is 3. The summed E-state index contributed by atoms with van der Waals surface area (Å²) >= 11 is 0. The van der Waals surface area contributed by atoms with Crippen molar-refractivity contribution in [2.45, 2.75) is 25.2 Å². The van der Waals surface area contributed by atoms with E-state index in [1.54, 1.807) is 25.4 Å². The van der Waals surface area contributed by atoms with Crippen LogP contribution in [0.25, 0.3) is 0 Å². The maximum absolute atomic E-state index is 12.8. The Morgan fingerprint density at radius 3 is 2.69 bits per heavy atom. The van der Waals surface area contributed by atoms with E-state index in [4.69, 9.17) is 4.42 Å². The molecule has 4 heterocycles. The minimum atomic E-state index is -3.24. The first-order chi connectivity index (χ1) is 13.7. The largest absolute Gasteiger partial charge is 0.469 e. The van der Waals surface area contributed by atoms with E-state index >= 15 is 0 Å². The summed E-state index contributed by atoms with van der Waals surface area (Å²) in [6, 6.07) is 3.55. The molecule has 1 saturated heterocycles. The number of nitrogens with one attached hydrogen (secondary N) is 2. The lowest BCUT2D eigenvalue weighted by Crippen LogP contribution is -2.41. The fourth-order valence-electron chi connectivity index (χ4n) is 3.98. The molecule has 0 saturated carbocycles. The molecule has 2 aromatic rings. The second-order valence-corrected chi connectivity index (χ2v) is 9.46. The Hall–Kier alpha value is -2.66. The number of carbonyl (C=O) groups is 2. The fraction of sp³-hybridized carbons (Fsp3) is 0.500. The molecule has 10 nitrogen and oxygen atoms in total. The average molecular weight is 421 g/mol. The van der Waals surface area contributed by atoms with E-state index in [9.17, 15) is 18.0 Å². The Kier molecular flexibility index (Phi) is 4.95. The van der Waals surface area contributed by atoms with Gasteiger partial charge in [0.25, 0.3) is 0 Å². The molecule has 0 aliphatic carbocycles. The lowest BCUT2D eigenvalue weighted by Gasteiger charge is -2.29. The zero-order chi connectivity index (χ0) is 20.8. The molecular weight excluding hydrogens is 398 g/mol. The highest BCUT2D eigenvalue weighted by Gasteiger charge is 2.36. The van der Waals surface area contributed by atoms with Crippen LogP contribution in [0.5, 0.6) is 0 Å². The van der Waals surface area contributed by atoms with E-state index in [1.807, 2.05) is 0 Å². The van der Waals surface area contributed by atoms with Gasteiger partial charge in [-0.25, -0.2) is 12.7 Å². The summed E-state index contributed by atoms with van der Waals surface area (Å²) in [5.41, 5.74) is 0.712. The van der Waals surface area contributed by atoms with E-state index in [0.29, 0.717) is 48.9 Å². The van der Waals surface area contributed by atoms with Crippen molar-refractivity contribution in [3.8, 4) is 0 Å². The first-order valence-electron chi connectivity index (χ1n) is 9.40. The SMILES string of the molecule is Cn1nc(NC(=O)C2CCN(S(C)(=O)=O)CC2)c2c1NC(=O)C[C@@H]2c1ccco1. The van der Waals surface area contributed by atoms with Gasteiger partial charge in [0, 0.05) is 32.5 Å². The van der Waals surface area contributed by atoms with Crippen molar-refractivity contribution >= 4 is 33.5 Å². The van der Waals surface area contributed by atoms with Gasteiger partial charge in [-0.3, -0.25) is 14.3 Å². The summed E-state index contributed by atoms with van der Waals surface area (Å²) in [4.78, 5) is 25.0. The summed E-state index contributed by atoms with van der Waals surface area (Å²) in [5.74, 6) is 0.563. The summed E-state index contributed by atoms with van der Waals surface area (Å²) in [6.45, 7) is 0.643. The van der Waals surface area contributed by atoms with E-state index in [0.717, 1.165) is 0 Å². The molecule has 2 aliphatic rings. The summed E-state index contributed by atoms with van der Waals surface area (Å²) in [5, 5.41) is 10.1. The van der Waals surface area contributed by atoms with Crippen molar-refractivity contribution in [3.05, 3.63) is 29.7 Å². The van der Waals surface area contributed by atoms with Gasteiger partial charge in [-0.1, -0.05) is 0 Å². The molecule has 1 fully saturated rings. The number of aryl methyl sites for hydroxylation is 1. The molecule has 156 valence electrons. The van der Waals surface area contributed by atoms with Crippen LogP contribution in [0.1, 0.15) is 36.5 Å². The maximum Gasteiger partial charge on any atom is 0.228 e. The molecule has 0 bridgehead atoms. The first-order valence-corrected chi connectivity index (χ1v) is 11.2. The summed E-state index contributed by atoms with van der Waals surface area (Å²) in [7, 11) is -1.55. The maximum atomic E-state index is 12.8. The molecule has 4 rings (SSSR count). The van der Waals surface area contributed by atoms with Gasteiger partial charge in [-0.2, -0.15) is 5.10 Å². The van der Waals surface area contributed by atoms with Crippen LogP contribution >= 0.6 is 0 Å². The van der Waals surface area contributed by atoms with Crippen LogP contribution in [0.15, 0.2) is 22.8 Å². The lowest BCUT2D eigenvalue weighted by atomic mass is 9.90. The first kappa shape index (κ1) is 19.6. The molecule has 2 aliphatic heterocycles. The van der Waals surface area contributed by atoms with Crippen molar-refractivity contribution in [2.75, 3.05) is 30.0 Å². The van der Waals surface area contributed by atoms with Crippen molar-refractivity contribution in [1.82, 2.24) is 14.1 Å². The number of amides is 2. The number of piperidine rings is 1. The number of anilines is 2. The number of aromatic nitrogens is 2. The van der Waals surface area contributed by atoms with Gasteiger partial charge < -0.3 is 15.1 Å². The van der Waals surface area contributed by atoms with Crippen LogP contribution in [0, 0.1) is 5.92 Å². The Balaban J connectivity index is 1.55. The molecule has 0 unspecified atom stereocenters. The Morgan fingerprint density at radius 1 is 1.34 bits per heavy atom. The molecule has 0 spiro atoms. The third-order valence-electron chi connectivity index (χ3n) is 5.50. The number of sulfonamides is 1. The molecule has 11 heteroatoms. The lowest BCUT2D eigenvalue weighted by molar-refractivity contribution is -0.121. The molecule has 0 radical (unpaired) electrons. The second-order valence-electron chi connectivity index (χ2n) is 7.48. The van der Waals surface area contributed by atoms with Gasteiger partial charge in [0.15, 0.2) is 5.82 Å². The molecule has 2 amide bonds. The highest BCUT2D eigenvalue weighted by molar-refractivity contribution is 7.88. The molecular formula is C18H23N5O5S. The highest BCUT2D eigenvalue weighted by Crippen LogP contribution is 2.41. The van der Waals surface area contributed by atoms with Gasteiger partial charge in [-0.05, 0) is 25.0 Å². The van der Waals surface area contributed by atoms with Crippen LogP contribution in [-0.4, -0.2) is 53.7 Å². The zero-order valence-electron chi connectivity index (χ0n) is 16.2. The highest BCUT2D eigenvalue weighted by atomic mass is 32.2. The Morgan fingerprint density at radius 2 is 2.07 bits per heavy atom. The minimum Gasteiger partial charge on any atom is -0.469 e. The second kappa shape index (κ2) is 7.30. The molecule has 0 aromatic carbocycles. The monoisotopic (exact) mass is 421 g/mol. The van der Waals surface area contributed by atoms with E-state index in [-0.39, 0.29) is 30.1 Å². The van der Waals surface area contributed by atoms with Crippen LogP contribution < -0.4 is 10.6 Å². The number of hydrogen-bond donors (Lipinski definition) is 2. The third kappa shape index (κ3) is 3.79. The van der Waals surface area contributed by atoms with Gasteiger partial charge in [0.1, 0.15) is 11.6 Å². The number of furan rings is 1. The van der Waals surface area contributed by atoms with Gasteiger partial charge in [-0.15, -0.1) is 0 Å². The van der Waals surface area contributed by atoms with E-state index in [2.05, 4.69) is 15.7 Å². The molecule has 29 heavy (non-hydrogen) atoms. The van der Waals surface area contributed by atoms with Crippen molar-refractivity contribution in [1.29, 1.82) is 0 Å². The van der Waals surface area contributed by atoms with Gasteiger partial charge in [0.05, 0.1) is 24.0 Å². The van der Waals surface area contributed by atoms with Gasteiger partial charge >= 0.3 is 0 Å². The van der Waals surface area contributed by atoms with Crippen LogP contribution in [0.3, 0.4) is 0 Å². The summed E-state index contributed by atoms with van der Waals surface area (Å²) < 4.78 is 31.8. The minimum absolute atomic E-state index is 0.145. The van der Waals surface area contributed by atoms with Crippen LogP contribution in [0.4, 0.5) is 11.6 Å². The number of carbonyl (C=O) groups excluding carboxylic acids is 2. The van der Waals surface area contributed by atoms with Gasteiger partial charge in [0.2, 0.25) is 21.8 Å². The number of fused-ring (bicyclic) bond motifs is 1. The fourth-order valence-corrected chi connectivity index (χ4v) is 4.86. The number of hydrogen-bond acceptors (Lipinski definition) is 6. The smallest absolute Gasteiger partial charge is 0.228 e. The average Bonchev–Trinajstić information content (AvgIpc) is 3.30. The Labute approximate surface area is 168 Å². The predicted octanol–water partition coefficient (Wildman–Crippen LogP) is 1.10. The topological polar surface area (TPSA) is 127 Å².